The van der Waals surface area contributed by atoms with Gasteiger partial charge in [-0.15, -0.1) is 11.3 Å². The lowest BCUT2D eigenvalue weighted by Gasteiger charge is -2.11. The van der Waals surface area contributed by atoms with Gasteiger partial charge in [-0.3, -0.25) is 4.72 Å². The number of rotatable bonds is 4. The van der Waals surface area contributed by atoms with E-state index in [0.717, 1.165) is 25.0 Å². The highest BCUT2D eigenvalue weighted by atomic mass is 32.2. The summed E-state index contributed by atoms with van der Waals surface area (Å²) >= 11 is 6.08. The molecule has 0 aromatic carbocycles. The maximum Gasteiger partial charge on any atom is 0.243 e. The number of sulfonamides is 1. The molecule has 1 aromatic rings. The van der Waals surface area contributed by atoms with Crippen LogP contribution in [0.25, 0.3) is 0 Å². The largest absolute Gasteiger partial charge is 0.392 e. The number of nitrogens with zero attached hydrogens (tertiary/aromatic N) is 1. The molecule has 0 spiro atoms. The second kappa shape index (κ2) is 4.51. The molecule has 0 radical (unpaired) electrons. The number of nitrogens with two attached hydrogens (primary N) is 1. The molecule has 0 aliphatic heterocycles. The predicted octanol–water partition coefficient (Wildman–Crippen LogP) is 1.05. The van der Waals surface area contributed by atoms with Gasteiger partial charge in [-0.25, -0.2) is 13.4 Å². The van der Waals surface area contributed by atoms with E-state index in [-0.39, 0.29) is 4.99 Å². The first-order valence-corrected chi connectivity index (χ1v) is 7.97. The normalized spacial score (nSPS) is 16.5. The minimum Gasteiger partial charge on any atom is -0.392 e. The molecular weight excluding hydrogens is 278 g/mol. The van der Waals surface area contributed by atoms with Gasteiger partial charge in [0.05, 0.1) is 10.7 Å². The van der Waals surface area contributed by atoms with Gasteiger partial charge in [0.15, 0.2) is 5.13 Å². The third-order valence-corrected chi connectivity index (χ3v) is 6.06. The Balaban J connectivity index is 2.18. The van der Waals surface area contributed by atoms with Crippen LogP contribution in [-0.2, 0) is 22.9 Å². The molecule has 1 heterocycles. The second-order valence-corrected chi connectivity index (χ2v) is 7.49. The summed E-state index contributed by atoms with van der Waals surface area (Å²) in [5.41, 5.74) is 6.35. The van der Waals surface area contributed by atoms with Gasteiger partial charge in [0.2, 0.25) is 10.0 Å². The van der Waals surface area contributed by atoms with Crippen LogP contribution in [-0.4, -0.2) is 23.6 Å². The van der Waals surface area contributed by atoms with Gasteiger partial charge in [-0.1, -0.05) is 12.2 Å². The van der Waals surface area contributed by atoms with E-state index in [4.69, 9.17) is 5.73 Å². The van der Waals surface area contributed by atoms with Crippen molar-refractivity contribution in [3.63, 3.8) is 0 Å². The van der Waals surface area contributed by atoms with Gasteiger partial charge in [-0.05, 0) is 26.2 Å². The lowest BCUT2D eigenvalue weighted by atomic mass is 10.4. The third-order valence-electron chi connectivity index (χ3n) is 2.69. The van der Waals surface area contributed by atoms with Crippen molar-refractivity contribution < 1.29 is 8.42 Å². The van der Waals surface area contributed by atoms with Gasteiger partial charge in [-0.2, -0.15) is 0 Å². The van der Waals surface area contributed by atoms with Crippen molar-refractivity contribution in [1.29, 1.82) is 0 Å². The zero-order valence-corrected chi connectivity index (χ0v) is 11.7. The molecule has 94 valence electrons. The van der Waals surface area contributed by atoms with E-state index >= 15 is 0 Å². The smallest absolute Gasteiger partial charge is 0.243 e. The maximum atomic E-state index is 11.9. The van der Waals surface area contributed by atoms with Crippen LogP contribution in [0, 0.1) is 0 Å². The first-order chi connectivity index (χ1) is 7.90. The van der Waals surface area contributed by atoms with E-state index in [9.17, 15) is 8.42 Å². The number of anilines is 1. The third kappa shape index (κ3) is 2.58. The van der Waals surface area contributed by atoms with E-state index in [1.54, 1.807) is 0 Å². The van der Waals surface area contributed by atoms with Crippen molar-refractivity contribution in [1.82, 2.24) is 4.98 Å². The summed E-state index contributed by atoms with van der Waals surface area (Å²) in [6.45, 7) is 1.46. The SMILES string of the molecule is CC(C(N)=S)S(=O)(=O)Nc1nc2c(s1)CCC2. The van der Waals surface area contributed by atoms with Crippen molar-refractivity contribution in [2.75, 3.05) is 4.72 Å². The number of nitrogens with one attached hydrogen (secondary N) is 1. The van der Waals surface area contributed by atoms with Crippen LogP contribution in [0.4, 0.5) is 5.13 Å². The van der Waals surface area contributed by atoms with Gasteiger partial charge in [0.25, 0.3) is 0 Å². The summed E-state index contributed by atoms with van der Waals surface area (Å²) in [5.74, 6) is 0. The van der Waals surface area contributed by atoms with E-state index in [1.807, 2.05) is 0 Å². The van der Waals surface area contributed by atoms with Gasteiger partial charge in [0, 0.05) is 4.88 Å². The van der Waals surface area contributed by atoms with Crippen LogP contribution in [0.3, 0.4) is 0 Å². The molecule has 3 N–H and O–H groups in total. The van der Waals surface area contributed by atoms with Crippen molar-refractivity contribution in [3.8, 4) is 0 Å². The van der Waals surface area contributed by atoms with Crippen LogP contribution >= 0.6 is 23.6 Å². The molecule has 0 amide bonds. The number of hydrogen-bond acceptors (Lipinski definition) is 5. The van der Waals surface area contributed by atoms with E-state index in [2.05, 4.69) is 21.9 Å². The monoisotopic (exact) mass is 291 g/mol. The minimum absolute atomic E-state index is 0.0402. The molecule has 0 saturated heterocycles. The van der Waals surface area contributed by atoms with Crippen LogP contribution in [0.1, 0.15) is 23.9 Å². The number of thiazole rings is 1. The summed E-state index contributed by atoms with van der Waals surface area (Å²) in [5, 5.41) is -0.478. The molecule has 1 aliphatic rings. The average Bonchev–Trinajstić information content (AvgIpc) is 2.75. The maximum absolute atomic E-state index is 11.9. The molecular formula is C9H13N3O2S3. The topological polar surface area (TPSA) is 85.1 Å². The van der Waals surface area contributed by atoms with Crippen LogP contribution < -0.4 is 10.5 Å². The fourth-order valence-electron chi connectivity index (χ4n) is 1.60. The molecule has 0 bridgehead atoms. The fraction of sp³-hybridized carbons (Fsp3) is 0.556. The molecule has 1 atom stereocenters. The summed E-state index contributed by atoms with van der Waals surface area (Å²) in [7, 11) is -3.57. The Bertz CT molecular complexity index is 528. The predicted molar refractivity (Wildman–Crippen MR) is 72.9 cm³/mol. The highest BCUT2D eigenvalue weighted by Crippen LogP contribution is 2.31. The molecule has 1 aliphatic carbocycles. The zero-order valence-electron chi connectivity index (χ0n) is 9.26. The van der Waals surface area contributed by atoms with Gasteiger partial charge in [0.1, 0.15) is 5.25 Å². The van der Waals surface area contributed by atoms with Crippen LogP contribution in [0.5, 0.6) is 0 Å². The lowest BCUT2D eigenvalue weighted by molar-refractivity contribution is 0.598. The van der Waals surface area contributed by atoms with Gasteiger partial charge < -0.3 is 5.73 Å². The zero-order chi connectivity index (χ0) is 12.6. The lowest BCUT2D eigenvalue weighted by Crippen LogP contribution is -2.35. The van der Waals surface area contributed by atoms with Gasteiger partial charge >= 0.3 is 0 Å². The van der Waals surface area contributed by atoms with E-state index < -0.39 is 15.3 Å². The number of aromatic nitrogens is 1. The standard InChI is InChI=1S/C9H13N3O2S3/c1-5(8(10)15)17(13,14)12-9-11-6-3-2-4-7(6)16-9/h5H,2-4H2,1H3,(H2,10,15)(H,11,12). The van der Waals surface area contributed by atoms with Crippen molar-refractivity contribution in [2.45, 2.75) is 31.4 Å². The second-order valence-electron chi connectivity index (χ2n) is 3.93. The van der Waals surface area contributed by atoms with Crippen molar-refractivity contribution >= 4 is 43.7 Å². The number of hydrogen-bond donors (Lipinski definition) is 2. The highest BCUT2D eigenvalue weighted by Gasteiger charge is 2.25. The minimum atomic E-state index is -3.57. The Morgan fingerprint density at radius 2 is 2.29 bits per heavy atom. The first kappa shape index (κ1) is 12.7. The highest BCUT2D eigenvalue weighted by molar-refractivity contribution is 7.95. The Labute approximate surface area is 109 Å². The molecule has 2 rings (SSSR count). The molecule has 17 heavy (non-hydrogen) atoms. The summed E-state index contributed by atoms with van der Waals surface area (Å²) in [6.07, 6.45) is 3.02. The number of aryl methyl sites for hydroxylation is 2. The Morgan fingerprint density at radius 1 is 1.59 bits per heavy atom. The average molecular weight is 291 g/mol. The van der Waals surface area contributed by atoms with Crippen LogP contribution in [0.2, 0.25) is 0 Å². The quantitative estimate of drug-likeness (QED) is 0.810. The number of thiocarbonyl (C=S) groups is 1. The summed E-state index contributed by atoms with van der Waals surface area (Å²) < 4.78 is 26.2. The Hall–Kier alpha value is -0.730. The van der Waals surface area contributed by atoms with Crippen LogP contribution in [0.15, 0.2) is 0 Å². The van der Waals surface area contributed by atoms with Crippen molar-refractivity contribution in [3.05, 3.63) is 10.6 Å². The van der Waals surface area contributed by atoms with E-state index in [1.165, 1.54) is 23.1 Å². The Kier molecular flexibility index (Phi) is 3.37. The molecule has 0 saturated carbocycles. The molecule has 8 heteroatoms. The first-order valence-electron chi connectivity index (χ1n) is 5.19. The number of fused-ring (bicyclic) bond motifs is 1. The Morgan fingerprint density at radius 3 is 2.88 bits per heavy atom. The fourth-order valence-corrected chi connectivity index (χ4v) is 4.17. The molecule has 1 aromatic heterocycles. The molecule has 1 unspecified atom stereocenters. The summed E-state index contributed by atoms with van der Waals surface area (Å²) in [6, 6.07) is 0. The van der Waals surface area contributed by atoms with Crippen molar-refractivity contribution in [2.24, 2.45) is 5.73 Å². The molecule has 0 fully saturated rings. The molecule has 5 nitrogen and oxygen atoms in total. The summed E-state index contributed by atoms with van der Waals surface area (Å²) in [4.78, 5) is 5.39. The van der Waals surface area contributed by atoms with E-state index in [0.29, 0.717) is 5.13 Å².